The molecule has 14 heavy (non-hydrogen) atoms. The molecule has 1 fully saturated rings. The average Bonchev–Trinajstić information content (AvgIpc) is 2.07. The third-order valence-corrected chi connectivity index (χ3v) is 1.94. The summed E-state index contributed by atoms with van der Waals surface area (Å²) in [6.07, 6.45) is 5.92. The van der Waals surface area contributed by atoms with Gasteiger partial charge in [-0.1, -0.05) is 33.1 Å². The minimum Gasteiger partial charge on any atom is -0.396 e. The number of rotatable bonds is 1. The van der Waals surface area contributed by atoms with Gasteiger partial charge in [-0.2, -0.15) is 0 Å². The van der Waals surface area contributed by atoms with Gasteiger partial charge in [0, 0.05) is 50.0 Å². The zero-order valence-electron chi connectivity index (χ0n) is 9.29. The van der Waals surface area contributed by atoms with Crippen LogP contribution in [0.2, 0.25) is 0 Å². The van der Waals surface area contributed by atoms with Crippen molar-refractivity contribution < 1.29 is 53.6 Å². The predicted molar refractivity (Wildman–Crippen MR) is 51.0 cm³/mol. The molecule has 0 atom stereocenters. The standard InChI is InChI=1S/C6H12O.C4H10O.2Ti/c7-6-4-2-1-3-5-6;1-4(2)3-5;;/h6-7H,1-5H2;4-5H,3H2,1-2H3;;. The van der Waals surface area contributed by atoms with E-state index in [2.05, 4.69) is 0 Å². The monoisotopic (exact) mass is 270 g/mol. The molecule has 2 nitrogen and oxygen atoms in total. The van der Waals surface area contributed by atoms with Gasteiger partial charge in [-0.3, -0.25) is 0 Å². The van der Waals surface area contributed by atoms with Crippen LogP contribution in [0.5, 0.6) is 0 Å². The van der Waals surface area contributed by atoms with Gasteiger partial charge in [0.15, 0.2) is 0 Å². The molecule has 0 aromatic carbocycles. The quantitative estimate of drug-likeness (QED) is 0.715. The van der Waals surface area contributed by atoms with E-state index in [0.717, 1.165) is 12.8 Å². The third-order valence-electron chi connectivity index (χ3n) is 1.94. The molecule has 4 heteroatoms. The second-order valence-electron chi connectivity index (χ2n) is 3.87. The Labute approximate surface area is 118 Å². The predicted octanol–water partition coefficient (Wildman–Crippen LogP) is 1.94. The maximum atomic E-state index is 8.91. The molecule has 0 radical (unpaired) electrons. The third kappa shape index (κ3) is 15.8. The Kier molecular flexibility index (Phi) is 21.2. The molecule has 0 unspecified atom stereocenters. The summed E-state index contributed by atoms with van der Waals surface area (Å²) in [6, 6.07) is 0. The zero-order valence-corrected chi connectivity index (χ0v) is 12.4. The maximum absolute atomic E-state index is 8.91. The average molecular weight is 270 g/mol. The van der Waals surface area contributed by atoms with E-state index in [1.54, 1.807) is 0 Å². The molecule has 82 valence electrons. The molecular weight excluding hydrogens is 248 g/mol. The van der Waals surface area contributed by atoms with E-state index in [1.165, 1.54) is 19.3 Å². The second-order valence-corrected chi connectivity index (χ2v) is 3.87. The SMILES string of the molecule is CC(C)CO.OC1CCCCC1.[Ti].[Ti]. The zero-order chi connectivity index (χ0) is 9.40. The van der Waals surface area contributed by atoms with Crippen molar-refractivity contribution in [3.63, 3.8) is 0 Å². The first-order valence-electron chi connectivity index (χ1n) is 4.95. The van der Waals surface area contributed by atoms with Gasteiger partial charge in [0.05, 0.1) is 6.10 Å². The second kappa shape index (κ2) is 14.3. The molecule has 0 amide bonds. The van der Waals surface area contributed by atoms with Crippen molar-refractivity contribution in [3.8, 4) is 0 Å². The first kappa shape index (κ1) is 20.7. The van der Waals surface area contributed by atoms with Crippen LogP contribution in [0.25, 0.3) is 0 Å². The van der Waals surface area contributed by atoms with E-state index in [4.69, 9.17) is 10.2 Å². The molecule has 1 rings (SSSR count). The summed E-state index contributed by atoms with van der Waals surface area (Å²) < 4.78 is 0. The van der Waals surface area contributed by atoms with Crippen molar-refractivity contribution >= 4 is 0 Å². The molecule has 0 saturated heterocycles. The number of aliphatic hydroxyl groups is 2. The van der Waals surface area contributed by atoms with E-state index in [9.17, 15) is 0 Å². The van der Waals surface area contributed by atoms with Crippen LogP contribution >= 0.6 is 0 Å². The molecule has 0 aromatic rings. The fraction of sp³-hybridized carbons (Fsp3) is 1.00. The summed E-state index contributed by atoms with van der Waals surface area (Å²) in [7, 11) is 0. The summed E-state index contributed by atoms with van der Waals surface area (Å²) in [4.78, 5) is 0. The van der Waals surface area contributed by atoms with Gasteiger partial charge in [-0.05, 0) is 18.8 Å². The summed E-state index contributed by atoms with van der Waals surface area (Å²) >= 11 is 0. The molecule has 0 heterocycles. The van der Waals surface area contributed by atoms with Crippen LogP contribution in [0.1, 0.15) is 46.0 Å². The Morgan fingerprint density at radius 3 is 1.57 bits per heavy atom. The molecule has 1 aliphatic rings. The van der Waals surface area contributed by atoms with Crippen LogP contribution < -0.4 is 0 Å². The summed E-state index contributed by atoms with van der Waals surface area (Å²) in [5.41, 5.74) is 0. The molecule has 0 aliphatic heterocycles. The van der Waals surface area contributed by atoms with Crippen LogP contribution in [0, 0.1) is 5.92 Å². The number of hydrogen-bond acceptors (Lipinski definition) is 2. The van der Waals surface area contributed by atoms with Gasteiger partial charge in [-0.15, -0.1) is 0 Å². The van der Waals surface area contributed by atoms with Gasteiger partial charge >= 0.3 is 0 Å². The van der Waals surface area contributed by atoms with Crippen molar-refractivity contribution in [2.24, 2.45) is 5.92 Å². The van der Waals surface area contributed by atoms with E-state index in [1.807, 2.05) is 13.8 Å². The van der Waals surface area contributed by atoms with Crippen LogP contribution in [-0.4, -0.2) is 22.9 Å². The summed E-state index contributed by atoms with van der Waals surface area (Å²) in [6.45, 7) is 4.25. The van der Waals surface area contributed by atoms with Crippen molar-refractivity contribution in [1.82, 2.24) is 0 Å². The van der Waals surface area contributed by atoms with Crippen LogP contribution in [0.15, 0.2) is 0 Å². The first-order valence-corrected chi connectivity index (χ1v) is 4.95. The first-order chi connectivity index (χ1) is 5.66. The fourth-order valence-corrected chi connectivity index (χ4v) is 1.08. The van der Waals surface area contributed by atoms with Crippen LogP contribution in [0.4, 0.5) is 0 Å². The van der Waals surface area contributed by atoms with Gasteiger partial charge in [0.1, 0.15) is 0 Å². The fourth-order valence-electron chi connectivity index (χ4n) is 1.08. The topological polar surface area (TPSA) is 40.5 Å². The van der Waals surface area contributed by atoms with E-state index in [-0.39, 0.29) is 49.5 Å². The Morgan fingerprint density at radius 1 is 1.07 bits per heavy atom. The molecule has 0 bridgehead atoms. The Balaban J connectivity index is -0.000000159. The van der Waals surface area contributed by atoms with Crippen molar-refractivity contribution in [2.45, 2.75) is 52.1 Å². The summed E-state index contributed by atoms with van der Waals surface area (Å²) in [5, 5.41) is 17.1. The van der Waals surface area contributed by atoms with E-state index >= 15 is 0 Å². The normalized spacial score (nSPS) is 16.1. The van der Waals surface area contributed by atoms with Crippen molar-refractivity contribution in [1.29, 1.82) is 0 Å². The molecular formula is C10H22O2Ti2. The molecule has 0 aromatic heterocycles. The maximum Gasteiger partial charge on any atom is 0.0540 e. The largest absolute Gasteiger partial charge is 0.396 e. The molecule has 1 saturated carbocycles. The Morgan fingerprint density at radius 2 is 1.43 bits per heavy atom. The summed E-state index contributed by atoms with van der Waals surface area (Å²) in [5.74, 6) is 0.440. The number of hydrogen-bond donors (Lipinski definition) is 2. The molecule has 0 spiro atoms. The van der Waals surface area contributed by atoms with E-state index < -0.39 is 0 Å². The smallest absolute Gasteiger partial charge is 0.0540 e. The minimum absolute atomic E-state index is 0. The van der Waals surface area contributed by atoms with Crippen molar-refractivity contribution in [2.75, 3.05) is 6.61 Å². The van der Waals surface area contributed by atoms with Gasteiger partial charge in [0.25, 0.3) is 0 Å². The Bertz CT molecular complexity index is 94.1. The van der Waals surface area contributed by atoms with E-state index in [0.29, 0.717) is 12.5 Å². The number of aliphatic hydroxyl groups excluding tert-OH is 2. The van der Waals surface area contributed by atoms with Crippen LogP contribution in [-0.2, 0) is 43.4 Å². The van der Waals surface area contributed by atoms with Crippen molar-refractivity contribution in [3.05, 3.63) is 0 Å². The minimum atomic E-state index is 0. The Hall–Kier alpha value is 1.35. The molecule has 1 aliphatic carbocycles. The molecule has 2 N–H and O–H groups in total. The van der Waals surface area contributed by atoms with Gasteiger partial charge < -0.3 is 10.2 Å². The van der Waals surface area contributed by atoms with Gasteiger partial charge in [-0.25, -0.2) is 0 Å². The van der Waals surface area contributed by atoms with Crippen LogP contribution in [0.3, 0.4) is 0 Å². The van der Waals surface area contributed by atoms with Gasteiger partial charge in [0.2, 0.25) is 0 Å².